The summed E-state index contributed by atoms with van der Waals surface area (Å²) >= 11 is 0. The van der Waals surface area contributed by atoms with E-state index in [1.54, 1.807) is 10.8 Å². The fraction of sp³-hybridized carbons (Fsp3) is 0.267. The summed E-state index contributed by atoms with van der Waals surface area (Å²) in [5.74, 6) is 1.64. The lowest BCUT2D eigenvalue weighted by Gasteiger charge is -2.28. The Bertz CT molecular complexity index is 749. The molecule has 0 amide bonds. The number of benzene rings is 1. The van der Waals surface area contributed by atoms with Crippen molar-refractivity contribution >= 4 is 11.6 Å². The van der Waals surface area contributed by atoms with Crippen molar-refractivity contribution in [1.82, 2.24) is 19.6 Å². The van der Waals surface area contributed by atoms with Crippen LogP contribution in [0.5, 0.6) is 0 Å². The standard InChI is InChI=1S/C15H15N5O/c1-2-4-12(5-3-1)13-10-14(19-6-8-21-9-7-19)20-15(18-13)16-11-17-20/h1-5,10-11H,6-9H2. The highest BCUT2D eigenvalue weighted by atomic mass is 16.5. The monoisotopic (exact) mass is 281 g/mol. The molecule has 0 N–H and O–H groups in total. The number of anilines is 1. The van der Waals surface area contributed by atoms with E-state index in [-0.39, 0.29) is 0 Å². The van der Waals surface area contributed by atoms with Gasteiger partial charge in [-0.15, -0.1) is 0 Å². The molecule has 4 rings (SSSR count). The minimum Gasteiger partial charge on any atom is -0.378 e. The molecule has 1 aromatic carbocycles. The first kappa shape index (κ1) is 12.3. The summed E-state index contributed by atoms with van der Waals surface area (Å²) < 4.78 is 7.22. The molecule has 6 heteroatoms. The van der Waals surface area contributed by atoms with Gasteiger partial charge in [-0.2, -0.15) is 14.6 Å². The van der Waals surface area contributed by atoms with Crippen LogP contribution in [-0.4, -0.2) is 45.9 Å². The van der Waals surface area contributed by atoms with Crippen molar-refractivity contribution in [3.05, 3.63) is 42.7 Å². The van der Waals surface area contributed by atoms with Crippen LogP contribution >= 0.6 is 0 Å². The third-order valence-electron chi connectivity index (χ3n) is 3.64. The van der Waals surface area contributed by atoms with Crippen molar-refractivity contribution in [2.75, 3.05) is 31.2 Å². The molecule has 21 heavy (non-hydrogen) atoms. The van der Waals surface area contributed by atoms with Crippen molar-refractivity contribution in [3.63, 3.8) is 0 Å². The van der Waals surface area contributed by atoms with Gasteiger partial charge < -0.3 is 9.64 Å². The van der Waals surface area contributed by atoms with Gasteiger partial charge in [0.15, 0.2) is 0 Å². The highest BCUT2D eigenvalue weighted by Crippen LogP contribution is 2.24. The minimum atomic E-state index is 0.623. The molecule has 3 aromatic rings. The van der Waals surface area contributed by atoms with Crippen LogP contribution in [0.2, 0.25) is 0 Å². The lowest BCUT2D eigenvalue weighted by atomic mass is 10.1. The molecule has 0 bridgehead atoms. The zero-order valence-electron chi connectivity index (χ0n) is 11.5. The van der Waals surface area contributed by atoms with E-state index in [0.29, 0.717) is 5.78 Å². The first-order chi connectivity index (χ1) is 10.4. The van der Waals surface area contributed by atoms with Gasteiger partial charge in [0.2, 0.25) is 0 Å². The topological polar surface area (TPSA) is 55.6 Å². The summed E-state index contributed by atoms with van der Waals surface area (Å²) in [6.45, 7) is 3.18. The molecule has 6 nitrogen and oxygen atoms in total. The number of morpholine rings is 1. The van der Waals surface area contributed by atoms with Crippen molar-refractivity contribution in [2.24, 2.45) is 0 Å². The second-order valence-electron chi connectivity index (χ2n) is 4.94. The third kappa shape index (κ3) is 2.23. The molecule has 0 aliphatic carbocycles. The van der Waals surface area contributed by atoms with E-state index in [0.717, 1.165) is 43.4 Å². The summed E-state index contributed by atoms with van der Waals surface area (Å²) in [5.41, 5.74) is 2.00. The summed E-state index contributed by atoms with van der Waals surface area (Å²) in [6.07, 6.45) is 1.54. The largest absolute Gasteiger partial charge is 0.378 e. The van der Waals surface area contributed by atoms with Gasteiger partial charge in [-0.1, -0.05) is 30.3 Å². The maximum Gasteiger partial charge on any atom is 0.254 e. The normalized spacial score (nSPS) is 15.5. The molecule has 1 aliphatic heterocycles. The van der Waals surface area contributed by atoms with Crippen LogP contribution in [0.1, 0.15) is 0 Å². The zero-order chi connectivity index (χ0) is 14.1. The Balaban J connectivity index is 1.86. The van der Waals surface area contributed by atoms with Crippen molar-refractivity contribution in [2.45, 2.75) is 0 Å². The Morgan fingerprint density at radius 3 is 2.67 bits per heavy atom. The van der Waals surface area contributed by atoms with Crippen LogP contribution in [0, 0.1) is 0 Å². The quantitative estimate of drug-likeness (QED) is 0.714. The average Bonchev–Trinajstić information content (AvgIpc) is 3.04. The Hall–Kier alpha value is -2.47. The molecule has 0 radical (unpaired) electrons. The number of nitrogens with zero attached hydrogens (tertiary/aromatic N) is 5. The van der Waals surface area contributed by atoms with E-state index in [9.17, 15) is 0 Å². The van der Waals surface area contributed by atoms with E-state index >= 15 is 0 Å². The number of fused-ring (bicyclic) bond motifs is 1. The highest BCUT2D eigenvalue weighted by Gasteiger charge is 2.17. The Kier molecular flexibility index (Phi) is 3.01. The van der Waals surface area contributed by atoms with Crippen LogP contribution in [0.25, 0.3) is 17.0 Å². The first-order valence-corrected chi connectivity index (χ1v) is 7.01. The lowest BCUT2D eigenvalue weighted by Crippen LogP contribution is -2.37. The van der Waals surface area contributed by atoms with Gasteiger partial charge in [0.25, 0.3) is 5.78 Å². The zero-order valence-corrected chi connectivity index (χ0v) is 11.5. The number of ether oxygens (including phenoxy) is 1. The Labute approximate surface area is 122 Å². The van der Waals surface area contributed by atoms with Crippen LogP contribution in [0.3, 0.4) is 0 Å². The second-order valence-corrected chi connectivity index (χ2v) is 4.94. The third-order valence-corrected chi connectivity index (χ3v) is 3.64. The molecular weight excluding hydrogens is 266 g/mol. The predicted octanol–water partition coefficient (Wildman–Crippen LogP) is 1.63. The van der Waals surface area contributed by atoms with Gasteiger partial charge in [0.1, 0.15) is 12.1 Å². The average molecular weight is 281 g/mol. The van der Waals surface area contributed by atoms with Crippen LogP contribution in [0.4, 0.5) is 5.82 Å². The Morgan fingerprint density at radius 2 is 1.86 bits per heavy atom. The molecule has 1 aliphatic rings. The highest BCUT2D eigenvalue weighted by molar-refractivity contribution is 5.65. The number of aromatic nitrogens is 4. The van der Waals surface area contributed by atoms with E-state index in [2.05, 4.69) is 38.2 Å². The summed E-state index contributed by atoms with van der Waals surface area (Å²) in [4.78, 5) is 11.1. The second kappa shape index (κ2) is 5.14. The van der Waals surface area contributed by atoms with Crippen molar-refractivity contribution < 1.29 is 4.74 Å². The molecule has 0 saturated carbocycles. The fourth-order valence-electron chi connectivity index (χ4n) is 2.57. The van der Waals surface area contributed by atoms with Gasteiger partial charge in [0, 0.05) is 24.7 Å². The molecule has 106 valence electrons. The van der Waals surface area contributed by atoms with Crippen LogP contribution in [0.15, 0.2) is 42.7 Å². The van der Waals surface area contributed by atoms with Gasteiger partial charge in [-0.25, -0.2) is 4.98 Å². The fourth-order valence-corrected chi connectivity index (χ4v) is 2.57. The molecule has 1 fully saturated rings. The van der Waals surface area contributed by atoms with Crippen molar-refractivity contribution in [1.29, 1.82) is 0 Å². The molecule has 1 saturated heterocycles. The first-order valence-electron chi connectivity index (χ1n) is 7.01. The van der Waals surface area contributed by atoms with Crippen molar-refractivity contribution in [3.8, 4) is 11.3 Å². The van der Waals surface area contributed by atoms with E-state index < -0.39 is 0 Å². The summed E-state index contributed by atoms with van der Waals surface area (Å²) in [6, 6.07) is 12.2. The van der Waals surface area contributed by atoms with E-state index in [4.69, 9.17) is 4.74 Å². The van der Waals surface area contributed by atoms with E-state index in [1.807, 2.05) is 18.2 Å². The summed E-state index contributed by atoms with van der Waals surface area (Å²) in [5, 5.41) is 4.29. The molecule has 0 atom stereocenters. The van der Waals surface area contributed by atoms with Gasteiger partial charge >= 0.3 is 0 Å². The predicted molar refractivity (Wildman–Crippen MR) is 79.3 cm³/mol. The molecule has 0 unspecified atom stereocenters. The van der Waals surface area contributed by atoms with Gasteiger partial charge in [-0.3, -0.25) is 0 Å². The summed E-state index contributed by atoms with van der Waals surface area (Å²) in [7, 11) is 0. The maximum atomic E-state index is 5.43. The van der Waals surface area contributed by atoms with Crippen LogP contribution < -0.4 is 4.90 Å². The van der Waals surface area contributed by atoms with E-state index in [1.165, 1.54) is 0 Å². The Morgan fingerprint density at radius 1 is 1.05 bits per heavy atom. The number of hydrogen-bond donors (Lipinski definition) is 0. The smallest absolute Gasteiger partial charge is 0.254 e. The molecular formula is C15H15N5O. The molecule has 0 spiro atoms. The molecule has 3 heterocycles. The minimum absolute atomic E-state index is 0.623. The molecule has 2 aromatic heterocycles. The van der Waals surface area contributed by atoms with Gasteiger partial charge in [0.05, 0.1) is 18.9 Å². The number of hydrogen-bond acceptors (Lipinski definition) is 5. The SMILES string of the molecule is c1ccc(-c2cc(N3CCOCC3)n3ncnc3n2)cc1. The number of rotatable bonds is 2. The van der Waals surface area contributed by atoms with Gasteiger partial charge in [-0.05, 0) is 0 Å². The van der Waals surface area contributed by atoms with Crippen LogP contribution in [-0.2, 0) is 4.74 Å². The lowest BCUT2D eigenvalue weighted by molar-refractivity contribution is 0.122. The maximum absolute atomic E-state index is 5.43.